The van der Waals surface area contributed by atoms with Crippen LogP contribution in [0.1, 0.15) is 25.0 Å². The number of carbonyl (C=O) groups excluding carboxylic acids is 3. The molecule has 8 nitrogen and oxygen atoms in total. The standard InChI is InChI=1S/C26H22ClN3O5/c1-3-34-24(32)21-22(28)35-19-12-14(2)29-23(31)20(19)26(21)16-9-5-7-11-18(16)30(25(26)33)13-15-8-4-6-10-17(15)27/h4-12,20H,3,13,28H2,1-2H3. The summed E-state index contributed by atoms with van der Waals surface area (Å²) in [5.74, 6) is -3.27. The van der Waals surface area contributed by atoms with Gasteiger partial charge in [0, 0.05) is 16.4 Å². The van der Waals surface area contributed by atoms with Crippen molar-refractivity contribution >= 4 is 40.8 Å². The molecule has 0 saturated heterocycles. The van der Waals surface area contributed by atoms with E-state index in [1.165, 1.54) is 4.90 Å². The number of dihydropyridines is 1. The van der Waals surface area contributed by atoms with Crippen LogP contribution in [0.3, 0.4) is 0 Å². The van der Waals surface area contributed by atoms with Gasteiger partial charge in [0.15, 0.2) is 0 Å². The number of nitrogens with two attached hydrogens (primary N) is 1. The van der Waals surface area contributed by atoms with Gasteiger partial charge >= 0.3 is 5.97 Å². The first-order valence-corrected chi connectivity index (χ1v) is 11.5. The van der Waals surface area contributed by atoms with Gasteiger partial charge in [0.05, 0.1) is 13.2 Å². The first kappa shape index (κ1) is 22.9. The number of amides is 2. The zero-order valence-electron chi connectivity index (χ0n) is 19.1. The summed E-state index contributed by atoms with van der Waals surface area (Å²) in [7, 11) is 0. The Balaban J connectivity index is 1.79. The molecular weight excluding hydrogens is 470 g/mol. The lowest BCUT2D eigenvalue weighted by Gasteiger charge is -2.41. The molecule has 0 radical (unpaired) electrons. The van der Waals surface area contributed by atoms with Crippen molar-refractivity contribution in [1.29, 1.82) is 0 Å². The van der Waals surface area contributed by atoms with Crippen molar-refractivity contribution in [2.45, 2.75) is 25.8 Å². The molecule has 3 aliphatic rings. The largest absolute Gasteiger partial charge is 0.462 e. The van der Waals surface area contributed by atoms with Gasteiger partial charge in [-0.15, -0.1) is 0 Å². The number of carbonyl (C=O) groups is 3. The number of aliphatic imine (C=N–C) groups is 1. The van der Waals surface area contributed by atoms with Gasteiger partial charge < -0.3 is 20.1 Å². The Labute approximate surface area is 206 Å². The van der Waals surface area contributed by atoms with Crippen LogP contribution >= 0.6 is 11.6 Å². The Kier molecular flexibility index (Phi) is 5.48. The molecule has 3 heterocycles. The second-order valence-electron chi connectivity index (χ2n) is 8.44. The van der Waals surface area contributed by atoms with E-state index in [9.17, 15) is 14.4 Å². The molecule has 1 spiro atoms. The highest BCUT2D eigenvalue weighted by molar-refractivity contribution is 6.31. The number of halogens is 1. The molecule has 0 fully saturated rings. The Morgan fingerprint density at radius 2 is 1.91 bits per heavy atom. The van der Waals surface area contributed by atoms with Gasteiger partial charge in [0.25, 0.3) is 5.91 Å². The van der Waals surface area contributed by atoms with Crippen molar-refractivity contribution in [3.05, 3.63) is 88.0 Å². The van der Waals surface area contributed by atoms with Gasteiger partial charge in [-0.2, -0.15) is 0 Å². The Morgan fingerprint density at radius 3 is 2.66 bits per heavy atom. The zero-order chi connectivity index (χ0) is 24.9. The minimum atomic E-state index is -1.81. The summed E-state index contributed by atoms with van der Waals surface area (Å²) in [6, 6.07) is 14.2. The molecule has 0 saturated carbocycles. The van der Waals surface area contributed by atoms with Crippen LogP contribution < -0.4 is 10.6 Å². The lowest BCUT2D eigenvalue weighted by Crippen LogP contribution is -2.55. The summed E-state index contributed by atoms with van der Waals surface area (Å²) in [4.78, 5) is 46.8. The van der Waals surface area contributed by atoms with E-state index in [-0.39, 0.29) is 30.4 Å². The van der Waals surface area contributed by atoms with Crippen molar-refractivity contribution < 1.29 is 23.9 Å². The number of fused-ring (bicyclic) bond motifs is 4. The predicted molar refractivity (Wildman–Crippen MR) is 129 cm³/mol. The quantitative estimate of drug-likeness (QED) is 0.656. The lowest BCUT2D eigenvalue weighted by atomic mass is 9.63. The van der Waals surface area contributed by atoms with E-state index in [1.807, 2.05) is 12.1 Å². The second-order valence-corrected chi connectivity index (χ2v) is 8.85. The van der Waals surface area contributed by atoms with Gasteiger partial charge in [-0.3, -0.25) is 9.59 Å². The summed E-state index contributed by atoms with van der Waals surface area (Å²) >= 11 is 6.41. The average Bonchev–Trinajstić information content (AvgIpc) is 3.03. The maximum absolute atomic E-state index is 14.5. The monoisotopic (exact) mass is 491 g/mol. The number of hydrogen-bond acceptors (Lipinski definition) is 6. The molecule has 2 atom stereocenters. The summed E-state index contributed by atoms with van der Waals surface area (Å²) in [6.07, 6.45) is 1.56. The zero-order valence-corrected chi connectivity index (χ0v) is 19.8. The van der Waals surface area contributed by atoms with E-state index in [2.05, 4.69) is 4.99 Å². The van der Waals surface area contributed by atoms with E-state index in [4.69, 9.17) is 26.8 Å². The van der Waals surface area contributed by atoms with Crippen molar-refractivity contribution in [2.24, 2.45) is 16.6 Å². The molecule has 2 N–H and O–H groups in total. The number of allylic oxidation sites excluding steroid dienone is 1. The Bertz CT molecular complexity index is 1380. The van der Waals surface area contributed by atoms with Crippen molar-refractivity contribution in [2.75, 3.05) is 11.5 Å². The second kappa shape index (κ2) is 8.39. The SMILES string of the molecule is CCOC(=O)C1=C(N)OC2=CC(C)=NC(=O)C2C12C(=O)N(Cc1ccccc1Cl)c1ccccc12. The number of ether oxygens (including phenoxy) is 2. The number of para-hydroxylation sites is 1. The highest BCUT2D eigenvalue weighted by Crippen LogP contribution is 2.57. The molecule has 2 amide bonds. The molecule has 0 aliphatic carbocycles. The summed E-state index contributed by atoms with van der Waals surface area (Å²) in [5.41, 5.74) is 6.37. The molecular formula is C26H22ClN3O5. The number of rotatable bonds is 4. The van der Waals surface area contributed by atoms with Gasteiger partial charge in [0.2, 0.25) is 11.8 Å². The predicted octanol–water partition coefficient (Wildman–Crippen LogP) is 3.39. The summed E-state index contributed by atoms with van der Waals surface area (Å²) < 4.78 is 11.1. The Hall–Kier alpha value is -3.91. The normalized spacial score (nSPS) is 22.9. The molecule has 2 aromatic carbocycles. The third-order valence-electron chi connectivity index (χ3n) is 6.44. The maximum Gasteiger partial charge on any atom is 0.340 e. The topological polar surface area (TPSA) is 111 Å². The van der Waals surface area contributed by atoms with Crippen LogP contribution in [0, 0.1) is 5.92 Å². The summed E-state index contributed by atoms with van der Waals surface area (Å²) in [5, 5.41) is 0.487. The van der Waals surface area contributed by atoms with E-state index in [0.717, 1.165) is 0 Å². The van der Waals surface area contributed by atoms with E-state index in [1.54, 1.807) is 56.3 Å². The number of esters is 1. The fraction of sp³-hybridized carbons (Fsp3) is 0.231. The first-order chi connectivity index (χ1) is 16.8. The summed E-state index contributed by atoms with van der Waals surface area (Å²) in [6.45, 7) is 3.45. The van der Waals surface area contributed by atoms with Gasteiger partial charge in [-0.25, -0.2) is 9.79 Å². The van der Waals surface area contributed by atoms with Gasteiger partial charge in [-0.05, 0) is 43.2 Å². The third-order valence-corrected chi connectivity index (χ3v) is 6.81. The molecule has 2 unspecified atom stereocenters. The number of nitrogens with zero attached hydrogens (tertiary/aromatic N) is 2. The molecule has 9 heteroatoms. The van der Waals surface area contributed by atoms with Crippen LogP contribution in [0.4, 0.5) is 5.69 Å². The smallest absolute Gasteiger partial charge is 0.340 e. The van der Waals surface area contributed by atoms with Crippen LogP contribution in [-0.4, -0.2) is 30.1 Å². The third kappa shape index (κ3) is 3.28. The highest BCUT2D eigenvalue weighted by Gasteiger charge is 2.67. The fourth-order valence-electron chi connectivity index (χ4n) is 5.10. The minimum absolute atomic E-state index is 0.0451. The van der Waals surface area contributed by atoms with E-state index < -0.39 is 29.1 Å². The van der Waals surface area contributed by atoms with E-state index >= 15 is 0 Å². The van der Waals surface area contributed by atoms with Crippen molar-refractivity contribution in [1.82, 2.24) is 0 Å². The maximum atomic E-state index is 14.5. The molecule has 0 aromatic heterocycles. The van der Waals surface area contributed by atoms with Crippen LogP contribution in [0.2, 0.25) is 5.02 Å². The lowest BCUT2D eigenvalue weighted by molar-refractivity contribution is -0.143. The van der Waals surface area contributed by atoms with Crippen molar-refractivity contribution in [3.8, 4) is 0 Å². The van der Waals surface area contributed by atoms with Gasteiger partial charge in [0.1, 0.15) is 22.7 Å². The van der Waals surface area contributed by atoms with Gasteiger partial charge in [-0.1, -0.05) is 48.0 Å². The fourth-order valence-corrected chi connectivity index (χ4v) is 5.30. The average molecular weight is 492 g/mol. The molecule has 2 aromatic rings. The van der Waals surface area contributed by atoms with E-state index in [0.29, 0.717) is 27.5 Å². The Morgan fingerprint density at radius 1 is 1.20 bits per heavy atom. The van der Waals surface area contributed by atoms with Crippen molar-refractivity contribution in [3.63, 3.8) is 0 Å². The van der Waals surface area contributed by atoms with Crippen LogP contribution in [-0.2, 0) is 35.8 Å². The molecule has 35 heavy (non-hydrogen) atoms. The van der Waals surface area contributed by atoms with Crippen LogP contribution in [0.5, 0.6) is 0 Å². The minimum Gasteiger partial charge on any atom is -0.462 e. The molecule has 3 aliphatic heterocycles. The highest BCUT2D eigenvalue weighted by atomic mass is 35.5. The van der Waals surface area contributed by atoms with Crippen LogP contribution in [0.15, 0.2) is 76.8 Å². The molecule has 5 rings (SSSR count). The first-order valence-electron chi connectivity index (χ1n) is 11.1. The molecule has 0 bridgehead atoms. The van der Waals surface area contributed by atoms with Crippen LogP contribution in [0.25, 0.3) is 0 Å². The number of anilines is 1. The number of hydrogen-bond donors (Lipinski definition) is 1. The molecule has 178 valence electrons. The number of benzene rings is 2.